The van der Waals surface area contributed by atoms with Crippen LogP contribution in [0.4, 0.5) is 5.69 Å². The third-order valence-electron chi connectivity index (χ3n) is 3.03. The van der Waals surface area contributed by atoms with Crippen molar-refractivity contribution in [2.75, 3.05) is 0 Å². The highest BCUT2D eigenvalue weighted by atomic mass is 16.7. The van der Waals surface area contributed by atoms with E-state index in [9.17, 15) is 15.3 Å². The van der Waals surface area contributed by atoms with Crippen molar-refractivity contribution in [2.24, 2.45) is 0 Å². The van der Waals surface area contributed by atoms with E-state index in [-0.39, 0.29) is 0 Å². The number of nitrogens with zero attached hydrogens (tertiary/aromatic N) is 1. The van der Waals surface area contributed by atoms with Gasteiger partial charge in [-0.15, -0.1) is 0 Å². The first-order valence-electron chi connectivity index (χ1n) is 5.87. The summed E-state index contributed by atoms with van der Waals surface area (Å²) >= 11 is 0. The normalized spacial score (nSPS) is 34.6. The van der Waals surface area contributed by atoms with Crippen molar-refractivity contribution in [1.29, 1.82) is 0 Å². The van der Waals surface area contributed by atoms with Gasteiger partial charge in [0.15, 0.2) is 5.69 Å². The molecular formula is C13H15NO5. The molecule has 0 aliphatic carbocycles. The molecule has 0 saturated carbocycles. The fraction of sp³-hybridized carbons (Fsp3) is 0.462. The Morgan fingerprint density at radius 2 is 1.74 bits per heavy atom. The van der Waals surface area contributed by atoms with Gasteiger partial charge in [0.2, 0.25) is 6.29 Å². The Kier molecular flexibility index (Phi) is 4.02. The number of hydrogen-bond acceptors (Lipinski definition) is 5. The second kappa shape index (κ2) is 5.55. The van der Waals surface area contributed by atoms with E-state index in [0.717, 1.165) is 0 Å². The van der Waals surface area contributed by atoms with Crippen molar-refractivity contribution in [3.8, 4) is 5.75 Å². The minimum Gasteiger partial charge on any atom is -0.462 e. The summed E-state index contributed by atoms with van der Waals surface area (Å²) in [5.74, 6) is 0.409. The Morgan fingerprint density at radius 3 is 2.32 bits per heavy atom. The summed E-state index contributed by atoms with van der Waals surface area (Å²) in [6, 6.07) is 6.30. The summed E-state index contributed by atoms with van der Waals surface area (Å²) < 4.78 is 10.7. The lowest BCUT2D eigenvalue weighted by Crippen LogP contribution is -2.58. The van der Waals surface area contributed by atoms with Crippen molar-refractivity contribution in [2.45, 2.75) is 37.6 Å². The molecule has 2 rings (SSSR count). The number of hydrogen-bond donors (Lipinski definition) is 3. The van der Waals surface area contributed by atoms with E-state index >= 15 is 0 Å². The highest BCUT2D eigenvalue weighted by molar-refractivity contribution is 5.47. The van der Waals surface area contributed by atoms with Crippen molar-refractivity contribution in [1.82, 2.24) is 0 Å². The van der Waals surface area contributed by atoms with Crippen LogP contribution in [0, 0.1) is 6.57 Å². The van der Waals surface area contributed by atoms with Gasteiger partial charge in [-0.3, -0.25) is 0 Å². The molecule has 6 nitrogen and oxygen atoms in total. The topological polar surface area (TPSA) is 83.5 Å². The Balaban J connectivity index is 2.07. The van der Waals surface area contributed by atoms with Gasteiger partial charge in [-0.25, -0.2) is 4.85 Å². The van der Waals surface area contributed by atoms with Crippen molar-refractivity contribution in [3.63, 3.8) is 0 Å². The number of aliphatic hydroxyl groups excluding tert-OH is 3. The lowest BCUT2D eigenvalue weighted by Gasteiger charge is -2.38. The van der Waals surface area contributed by atoms with E-state index in [1.54, 1.807) is 31.2 Å². The van der Waals surface area contributed by atoms with Crippen LogP contribution in [-0.4, -0.2) is 46.0 Å². The van der Waals surface area contributed by atoms with Crippen LogP contribution in [0.2, 0.25) is 0 Å². The monoisotopic (exact) mass is 265 g/mol. The van der Waals surface area contributed by atoms with Crippen LogP contribution in [0.15, 0.2) is 24.3 Å². The summed E-state index contributed by atoms with van der Waals surface area (Å²) in [7, 11) is 0. The Morgan fingerprint density at radius 1 is 1.11 bits per heavy atom. The quantitative estimate of drug-likeness (QED) is 0.676. The first kappa shape index (κ1) is 13.8. The Labute approximate surface area is 110 Å². The van der Waals surface area contributed by atoms with E-state index in [1.807, 2.05) is 0 Å². The molecule has 1 aliphatic rings. The van der Waals surface area contributed by atoms with Crippen LogP contribution in [0.1, 0.15) is 6.92 Å². The highest BCUT2D eigenvalue weighted by Gasteiger charge is 2.43. The first-order chi connectivity index (χ1) is 9.02. The highest BCUT2D eigenvalue weighted by Crippen LogP contribution is 2.25. The zero-order valence-corrected chi connectivity index (χ0v) is 10.3. The summed E-state index contributed by atoms with van der Waals surface area (Å²) in [5, 5.41) is 29.0. The molecule has 102 valence electrons. The van der Waals surface area contributed by atoms with Crippen molar-refractivity contribution in [3.05, 3.63) is 35.7 Å². The molecular weight excluding hydrogens is 250 g/mol. The average molecular weight is 265 g/mol. The van der Waals surface area contributed by atoms with E-state index < -0.39 is 30.7 Å². The van der Waals surface area contributed by atoms with Gasteiger partial charge in [0, 0.05) is 0 Å². The molecule has 3 N–H and O–H groups in total. The second-order valence-corrected chi connectivity index (χ2v) is 4.40. The minimum atomic E-state index is -1.34. The largest absolute Gasteiger partial charge is 0.462 e. The predicted octanol–water partition coefficient (Wildman–Crippen LogP) is 0.444. The molecule has 6 heteroatoms. The van der Waals surface area contributed by atoms with E-state index in [2.05, 4.69) is 4.85 Å². The van der Waals surface area contributed by atoms with Crippen molar-refractivity contribution < 1.29 is 24.8 Å². The summed E-state index contributed by atoms with van der Waals surface area (Å²) in [5.41, 5.74) is 0.473. The lowest BCUT2D eigenvalue weighted by molar-refractivity contribution is -0.268. The first-order valence-corrected chi connectivity index (χ1v) is 5.87. The molecule has 0 aromatic heterocycles. The molecule has 1 aromatic carbocycles. The zero-order chi connectivity index (χ0) is 14.0. The van der Waals surface area contributed by atoms with Gasteiger partial charge >= 0.3 is 0 Å². The van der Waals surface area contributed by atoms with Gasteiger partial charge in [0.05, 0.1) is 12.7 Å². The standard InChI is InChI=1S/C13H15NO5/c1-7-10(15)11(16)12(17)13(18-7)19-9-5-3-8(14-2)4-6-9/h3-7,10-13,15-17H,1H3/t7-,10+,11+,12-,13-/m0/s1. The summed E-state index contributed by atoms with van der Waals surface area (Å²) in [6.07, 6.45) is -5.53. The maximum Gasteiger partial charge on any atom is 0.229 e. The van der Waals surface area contributed by atoms with Crippen molar-refractivity contribution >= 4 is 5.69 Å². The predicted molar refractivity (Wildman–Crippen MR) is 65.7 cm³/mol. The molecule has 5 atom stereocenters. The average Bonchev–Trinajstić information content (AvgIpc) is 2.43. The minimum absolute atomic E-state index is 0.409. The van der Waals surface area contributed by atoms with Gasteiger partial charge in [0.1, 0.15) is 24.1 Å². The van der Waals surface area contributed by atoms with E-state index in [0.29, 0.717) is 11.4 Å². The summed E-state index contributed by atoms with van der Waals surface area (Å²) in [6.45, 7) is 8.41. The number of aliphatic hydroxyl groups is 3. The number of benzene rings is 1. The fourth-order valence-corrected chi connectivity index (χ4v) is 1.84. The maximum absolute atomic E-state index is 9.78. The molecule has 19 heavy (non-hydrogen) atoms. The van der Waals surface area contributed by atoms with Gasteiger partial charge in [-0.05, 0) is 19.1 Å². The van der Waals surface area contributed by atoms with Gasteiger partial charge in [-0.2, -0.15) is 0 Å². The molecule has 0 bridgehead atoms. The Bertz CT molecular complexity index is 469. The lowest BCUT2D eigenvalue weighted by atomic mass is 10.00. The molecule has 0 radical (unpaired) electrons. The molecule has 1 heterocycles. The van der Waals surface area contributed by atoms with Crippen LogP contribution in [0.5, 0.6) is 5.75 Å². The van der Waals surface area contributed by atoms with Gasteiger partial charge in [-0.1, -0.05) is 12.1 Å². The van der Waals surface area contributed by atoms with Crippen LogP contribution < -0.4 is 4.74 Å². The zero-order valence-electron chi connectivity index (χ0n) is 10.3. The third-order valence-corrected chi connectivity index (χ3v) is 3.03. The van der Waals surface area contributed by atoms with E-state index in [1.165, 1.54) is 0 Å². The fourth-order valence-electron chi connectivity index (χ4n) is 1.84. The smallest absolute Gasteiger partial charge is 0.229 e. The van der Waals surface area contributed by atoms with Crippen LogP contribution in [-0.2, 0) is 4.74 Å². The molecule has 1 aromatic rings. The van der Waals surface area contributed by atoms with Gasteiger partial charge < -0.3 is 24.8 Å². The molecule has 0 spiro atoms. The van der Waals surface area contributed by atoms with Crippen LogP contribution in [0.25, 0.3) is 4.85 Å². The van der Waals surface area contributed by atoms with Crippen LogP contribution in [0.3, 0.4) is 0 Å². The third kappa shape index (κ3) is 2.85. The molecule has 0 unspecified atom stereocenters. The number of ether oxygens (including phenoxy) is 2. The summed E-state index contributed by atoms with van der Waals surface area (Å²) in [4.78, 5) is 3.25. The Hall–Kier alpha value is -1.65. The van der Waals surface area contributed by atoms with E-state index in [4.69, 9.17) is 16.0 Å². The molecule has 0 amide bonds. The molecule has 1 fully saturated rings. The van der Waals surface area contributed by atoms with Gasteiger partial charge in [0.25, 0.3) is 0 Å². The number of rotatable bonds is 2. The molecule has 1 aliphatic heterocycles. The second-order valence-electron chi connectivity index (χ2n) is 4.40. The SMILES string of the molecule is [C-]#[N+]c1ccc(O[C@@H]2O[C@@H](C)[C@@H](O)[C@@H](O)[C@@H]2O)cc1. The maximum atomic E-state index is 9.78. The molecule has 1 saturated heterocycles. The van der Waals surface area contributed by atoms with Crippen LogP contribution >= 0.6 is 0 Å².